The lowest BCUT2D eigenvalue weighted by atomic mass is 10.0. The summed E-state index contributed by atoms with van der Waals surface area (Å²) < 4.78 is 30.8. The first kappa shape index (κ1) is 13.2. The second-order valence-electron chi connectivity index (χ2n) is 5.24. The fourth-order valence-electron chi connectivity index (χ4n) is 3.10. The van der Waals surface area contributed by atoms with Crippen LogP contribution in [0.4, 0.5) is 8.78 Å². The first-order valence-electron chi connectivity index (χ1n) is 6.68. The highest BCUT2D eigenvalue weighted by Gasteiger charge is 2.36. The number of rotatable bonds is 4. The van der Waals surface area contributed by atoms with E-state index in [0.717, 1.165) is 29.8 Å². The molecule has 2 unspecified atom stereocenters. The van der Waals surface area contributed by atoms with Gasteiger partial charge in [-0.15, -0.1) is 0 Å². The summed E-state index contributed by atoms with van der Waals surface area (Å²) in [6.45, 7) is -0.439. The van der Waals surface area contributed by atoms with Crippen LogP contribution in [0.5, 0.6) is 5.75 Å². The van der Waals surface area contributed by atoms with Gasteiger partial charge in [0.1, 0.15) is 5.75 Å². The average molecular weight is 285 g/mol. The van der Waals surface area contributed by atoms with Crippen LogP contribution in [0.3, 0.4) is 0 Å². The van der Waals surface area contributed by atoms with E-state index in [1.54, 1.807) is 24.1 Å². The Bertz CT molecular complexity index is 414. The summed E-state index contributed by atoms with van der Waals surface area (Å²) >= 11 is 1.73. The van der Waals surface area contributed by atoms with Gasteiger partial charge in [-0.1, -0.05) is 6.42 Å². The standard InChI is InChI=1S/C14H17F2NOS/c15-14(16)18-12-4-6-13(7-5-12)19-17-8-10-2-1-3-11(10)9-17/h4-7,10-11,14H,1-3,8-9H2. The minimum Gasteiger partial charge on any atom is -0.435 e. The van der Waals surface area contributed by atoms with Gasteiger partial charge in [0.15, 0.2) is 0 Å². The van der Waals surface area contributed by atoms with Crippen molar-refractivity contribution in [2.75, 3.05) is 13.1 Å². The van der Waals surface area contributed by atoms with E-state index in [1.165, 1.54) is 19.3 Å². The third-order valence-corrected chi connectivity index (χ3v) is 5.02. The van der Waals surface area contributed by atoms with Gasteiger partial charge in [0.25, 0.3) is 0 Å². The molecule has 0 amide bonds. The average Bonchev–Trinajstić information content (AvgIpc) is 2.91. The van der Waals surface area contributed by atoms with E-state index in [0.29, 0.717) is 0 Å². The number of hydrogen-bond acceptors (Lipinski definition) is 3. The molecule has 1 saturated heterocycles. The lowest BCUT2D eigenvalue weighted by molar-refractivity contribution is -0.0498. The van der Waals surface area contributed by atoms with Crippen molar-refractivity contribution in [1.82, 2.24) is 4.31 Å². The molecule has 0 spiro atoms. The first-order chi connectivity index (χ1) is 9.20. The summed E-state index contributed by atoms with van der Waals surface area (Å²) in [5.41, 5.74) is 0. The van der Waals surface area contributed by atoms with E-state index in [-0.39, 0.29) is 5.75 Å². The molecule has 0 radical (unpaired) electrons. The summed E-state index contributed by atoms with van der Waals surface area (Å²) in [6, 6.07) is 6.89. The van der Waals surface area contributed by atoms with Crippen molar-refractivity contribution in [3.63, 3.8) is 0 Å². The monoisotopic (exact) mass is 285 g/mol. The van der Waals surface area contributed by atoms with Crippen molar-refractivity contribution in [3.05, 3.63) is 24.3 Å². The Morgan fingerprint density at radius 2 is 1.74 bits per heavy atom. The molecule has 5 heteroatoms. The predicted octanol–water partition coefficient (Wildman–Crippen LogP) is 4.03. The fraction of sp³-hybridized carbons (Fsp3) is 0.571. The SMILES string of the molecule is FC(F)Oc1ccc(SN2CC3CCCC3C2)cc1. The number of hydrogen-bond donors (Lipinski definition) is 0. The van der Waals surface area contributed by atoms with Gasteiger partial charge in [0, 0.05) is 18.0 Å². The van der Waals surface area contributed by atoms with Crippen molar-refractivity contribution < 1.29 is 13.5 Å². The lowest BCUT2D eigenvalue weighted by Crippen LogP contribution is -2.12. The Labute approximate surface area is 116 Å². The van der Waals surface area contributed by atoms with Crippen molar-refractivity contribution in [3.8, 4) is 5.75 Å². The van der Waals surface area contributed by atoms with Crippen LogP contribution in [-0.4, -0.2) is 24.0 Å². The molecule has 1 heterocycles. The third kappa shape index (κ3) is 3.20. The van der Waals surface area contributed by atoms with E-state index < -0.39 is 6.61 Å². The van der Waals surface area contributed by atoms with Crippen molar-refractivity contribution >= 4 is 11.9 Å². The predicted molar refractivity (Wildman–Crippen MR) is 71.3 cm³/mol. The smallest absolute Gasteiger partial charge is 0.387 e. The fourth-order valence-corrected chi connectivity index (χ4v) is 4.19. The Morgan fingerprint density at radius 3 is 2.32 bits per heavy atom. The maximum absolute atomic E-state index is 12.0. The van der Waals surface area contributed by atoms with Crippen LogP contribution in [0.25, 0.3) is 0 Å². The van der Waals surface area contributed by atoms with Gasteiger partial charge in [0.05, 0.1) is 0 Å². The molecular weight excluding hydrogens is 268 g/mol. The lowest BCUT2D eigenvalue weighted by Gasteiger charge is -2.15. The van der Waals surface area contributed by atoms with Gasteiger partial charge in [0.2, 0.25) is 0 Å². The largest absolute Gasteiger partial charge is 0.435 e. The second kappa shape index (κ2) is 5.67. The van der Waals surface area contributed by atoms with E-state index in [4.69, 9.17) is 0 Å². The number of nitrogens with zero attached hydrogens (tertiary/aromatic N) is 1. The number of fused-ring (bicyclic) bond motifs is 1. The highest BCUT2D eigenvalue weighted by Crippen LogP contribution is 2.41. The highest BCUT2D eigenvalue weighted by atomic mass is 32.2. The van der Waals surface area contributed by atoms with Gasteiger partial charge < -0.3 is 4.74 Å². The van der Waals surface area contributed by atoms with E-state index in [1.807, 2.05) is 12.1 Å². The van der Waals surface area contributed by atoms with Crippen molar-refractivity contribution in [2.45, 2.75) is 30.8 Å². The second-order valence-corrected chi connectivity index (χ2v) is 6.41. The minimum atomic E-state index is -2.75. The molecule has 1 aromatic carbocycles. The summed E-state index contributed by atoms with van der Waals surface area (Å²) in [6.07, 6.45) is 4.11. The molecule has 0 aromatic heterocycles. The normalized spacial score (nSPS) is 26.9. The van der Waals surface area contributed by atoms with Gasteiger partial charge in [-0.05, 0) is 60.9 Å². The Morgan fingerprint density at radius 1 is 1.11 bits per heavy atom. The Balaban J connectivity index is 1.55. The number of ether oxygens (including phenoxy) is 1. The Hall–Kier alpha value is -0.810. The van der Waals surface area contributed by atoms with E-state index in [9.17, 15) is 8.78 Å². The summed E-state index contributed by atoms with van der Waals surface area (Å²) in [5, 5.41) is 0. The zero-order chi connectivity index (χ0) is 13.2. The molecule has 1 aliphatic carbocycles. The zero-order valence-corrected chi connectivity index (χ0v) is 11.4. The molecule has 1 aliphatic heterocycles. The van der Waals surface area contributed by atoms with Crippen LogP contribution >= 0.6 is 11.9 Å². The molecular formula is C14H17F2NOS. The molecule has 2 atom stereocenters. The van der Waals surface area contributed by atoms with Crippen LogP contribution in [-0.2, 0) is 0 Å². The molecule has 19 heavy (non-hydrogen) atoms. The van der Waals surface area contributed by atoms with Crippen molar-refractivity contribution in [1.29, 1.82) is 0 Å². The molecule has 1 saturated carbocycles. The van der Waals surface area contributed by atoms with Gasteiger partial charge in [-0.2, -0.15) is 8.78 Å². The van der Waals surface area contributed by atoms with E-state index >= 15 is 0 Å². The van der Waals surface area contributed by atoms with Crippen LogP contribution in [0.2, 0.25) is 0 Å². The molecule has 0 bridgehead atoms. The number of alkyl halides is 2. The molecule has 2 aliphatic rings. The summed E-state index contributed by atoms with van der Waals surface area (Å²) in [5.74, 6) is 1.96. The topological polar surface area (TPSA) is 12.5 Å². The summed E-state index contributed by atoms with van der Waals surface area (Å²) in [7, 11) is 0. The molecule has 2 fully saturated rings. The maximum atomic E-state index is 12.0. The van der Waals surface area contributed by atoms with Crippen LogP contribution < -0.4 is 4.74 Å². The molecule has 1 aromatic rings. The van der Waals surface area contributed by atoms with Crippen LogP contribution in [0, 0.1) is 11.8 Å². The van der Waals surface area contributed by atoms with Crippen LogP contribution in [0.15, 0.2) is 29.2 Å². The molecule has 0 N–H and O–H groups in total. The maximum Gasteiger partial charge on any atom is 0.387 e. The number of benzene rings is 1. The van der Waals surface area contributed by atoms with Crippen molar-refractivity contribution in [2.24, 2.45) is 11.8 Å². The molecule has 3 rings (SSSR count). The molecule has 104 valence electrons. The van der Waals surface area contributed by atoms with Gasteiger partial charge in [-0.25, -0.2) is 4.31 Å². The highest BCUT2D eigenvalue weighted by molar-refractivity contribution is 7.97. The number of halogens is 2. The quantitative estimate of drug-likeness (QED) is 0.775. The van der Waals surface area contributed by atoms with Crippen LogP contribution in [0.1, 0.15) is 19.3 Å². The van der Waals surface area contributed by atoms with Gasteiger partial charge >= 0.3 is 6.61 Å². The summed E-state index contributed by atoms with van der Waals surface area (Å²) in [4.78, 5) is 1.08. The minimum absolute atomic E-state index is 0.220. The third-order valence-electron chi connectivity index (χ3n) is 3.98. The van der Waals surface area contributed by atoms with Gasteiger partial charge in [-0.3, -0.25) is 0 Å². The molecule has 2 nitrogen and oxygen atoms in total. The zero-order valence-electron chi connectivity index (χ0n) is 10.6. The Kier molecular flexibility index (Phi) is 3.93. The van der Waals surface area contributed by atoms with E-state index in [2.05, 4.69) is 9.04 Å². The first-order valence-corrected chi connectivity index (χ1v) is 7.46.